The number of ether oxygens (including phenoxy) is 6. The second kappa shape index (κ2) is 13.6. The lowest BCUT2D eigenvalue weighted by molar-refractivity contribution is -0.280. The Labute approximate surface area is 231 Å². The van der Waals surface area contributed by atoms with Crippen LogP contribution in [0.3, 0.4) is 0 Å². The zero-order valence-electron chi connectivity index (χ0n) is 22.2. The molecule has 0 unspecified atom stereocenters. The Morgan fingerprint density at radius 3 is 2.05 bits per heavy atom. The lowest BCUT2D eigenvalue weighted by atomic mass is 9.84. The summed E-state index contributed by atoms with van der Waals surface area (Å²) in [6, 6.07) is 4.76. The summed E-state index contributed by atoms with van der Waals surface area (Å²) in [5.41, 5.74) is 24.9. The molecule has 13 N–H and O–H groups in total. The van der Waals surface area contributed by atoms with Crippen molar-refractivity contribution in [2.24, 2.45) is 22.9 Å². The molecule has 2 heterocycles. The van der Waals surface area contributed by atoms with Crippen molar-refractivity contribution in [2.75, 3.05) is 20.3 Å². The van der Waals surface area contributed by atoms with Crippen LogP contribution >= 0.6 is 0 Å². The van der Waals surface area contributed by atoms with Gasteiger partial charge in [-0.05, 0) is 24.1 Å². The molecule has 14 atom stereocenters. The van der Waals surface area contributed by atoms with Crippen LogP contribution in [0, 0.1) is 0 Å². The summed E-state index contributed by atoms with van der Waals surface area (Å²) in [4.78, 5) is 0. The number of benzene rings is 1. The van der Waals surface area contributed by atoms with Crippen LogP contribution < -0.4 is 27.7 Å². The summed E-state index contributed by atoms with van der Waals surface area (Å²) in [5, 5.41) is 52.4. The van der Waals surface area contributed by atoms with E-state index in [-0.39, 0.29) is 19.6 Å². The average molecular weight is 575 g/mol. The molecule has 0 aromatic heterocycles. The highest BCUT2D eigenvalue weighted by molar-refractivity contribution is 5.26. The third-order valence-corrected chi connectivity index (χ3v) is 7.70. The molecule has 2 aliphatic heterocycles. The fourth-order valence-electron chi connectivity index (χ4n) is 5.31. The minimum Gasteiger partial charge on any atom is -0.497 e. The number of aliphatic hydroxyl groups excluding tert-OH is 5. The van der Waals surface area contributed by atoms with Gasteiger partial charge < -0.3 is 76.9 Å². The van der Waals surface area contributed by atoms with Crippen molar-refractivity contribution < 1.29 is 54.0 Å². The predicted molar refractivity (Wildman–Crippen MR) is 137 cm³/mol. The fraction of sp³-hybridized carbons (Fsp3) is 0.760. The van der Waals surface area contributed by atoms with E-state index in [2.05, 4.69) is 0 Å². The molecule has 1 aliphatic carbocycles. The first-order valence-electron chi connectivity index (χ1n) is 13.3. The molecular formula is C25H42N4O11. The molecular weight excluding hydrogens is 532 g/mol. The van der Waals surface area contributed by atoms with Crippen LogP contribution in [-0.2, 0) is 30.3 Å². The van der Waals surface area contributed by atoms with E-state index in [4.69, 9.17) is 51.4 Å². The summed E-state index contributed by atoms with van der Waals surface area (Å²) in [6.07, 6.45) is -12.9. The Morgan fingerprint density at radius 2 is 1.43 bits per heavy atom. The standard InChI is InChI=1S/C25H42N4O11/c1-35-11-4-2-10(3-5-11)9-36-21-12(27)6-13(28)22(19(21)33)39-25-20(34)23(15(8-30)38-25)40-24-16(29)18(32)17(31)14(7-26)37-24/h2-5,12-25,30-34H,6-9,26-29H2,1H3/t12-,13+,14+,15+,16-,17-,18-,19-,20+,21+,22-,23+,24-,25-/m0/s1. The molecule has 15 heteroatoms. The van der Waals surface area contributed by atoms with Gasteiger partial charge in [-0.25, -0.2) is 0 Å². The highest BCUT2D eigenvalue weighted by Gasteiger charge is 2.52. The molecule has 2 saturated heterocycles. The summed E-state index contributed by atoms with van der Waals surface area (Å²) in [5.74, 6) is 0.696. The van der Waals surface area contributed by atoms with Gasteiger partial charge in [0, 0.05) is 18.6 Å². The molecule has 1 saturated carbocycles. The molecule has 228 valence electrons. The summed E-state index contributed by atoms with van der Waals surface area (Å²) < 4.78 is 34.1. The molecule has 0 radical (unpaired) electrons. The molecule has 1 aromatic carbocycles. The monoisotopic (exact) mass is 574 g/mol. The molecule has 4 rings (SSSR count). The Hall–Kier alpha value is -1.54. The Bertz CT molecular complexity index is 931. The number of nitrogens with two attached hydrogens (primary N) is 4. The number of aliphatic hydroxyl groups is 5. The molecule has 0 amide bonds. The predicted octanol–water partition coefficient (Wildman–Crippen LogP) is -4.42. The van der Waals surface area contributed by atoms with E-state index in [1.165, 1.54) is 0 Å². The van der Waals surface area contributed by atoms with Crippen LogP contribution in [0.4, 0.5) is 0 Å². The SMILES string of the molecule is COc1ccc(CO[C@H]2[C@H](O)[C@@H](O[C@@H]3O[C@H](CO)[C@@H](O[C@@H]4O[C@H](CN)[C@H](O)[C@@H](O)[C@@H]4N)[C@H]3O)[C@H](N)C[C@@H]2N)cc1. The highest BCUT2D eigenvalue weighted by atomic mass is 16.7. The van der Waals surface area contributed by atoms with Crippen molar-refractivity contribution in [2.45, 2.75) is 98.7 Å². The first-order chi connectivity index (χ1) is 19.1. The zero-order chi connectivity index (χ0) is 29.1. The number of hydrogen-bond acceptors (Lipinski definition) is 15. The van der Waals surface area contributed by atoms with Crippen LogP contribution in [0.15, 0.2) is 24.3 Å². The minimum atomic E-state index is -1.47. The molecule has 15 nitrogen and oxygen atoms in total. The fourth-order valence-corrected chi connectivity index (χ4v) is 5.31. The molecule has 3 aliphatic rings. The van der Waals surface area contributed by atoms with E-state index < -0.39 is 92.2 Å². The van der Waals surface area contributed by atoms with Gasteiger partial charge in [0.05, 0.1) is 26.4 Å². The lowest BCUT2D eigenvalue weighted by Gasteiger charge is -2.43. The van der Waals surface area contributed by atoms with Crippen molar-refractivity contribution >= 4 is 0 Å². The van der Waals surface area contributed by atoms with E-state index in [1.54, 1.807) is 19.2 Å². The largest absolute Gasteiger partial charge is 0.497 e. The first-order valence-corrected chi connectivity index (χ1v) is 13.3. The van der Waals surface area contributed by atoms with Crippen LogP contribution in [0.5, 0.6) is 5.75 Å². The van der Waals surface area contributed by atoms with E-state index in [9.17, 15) is 25.5 Å². The summed E-state index contributed by atoms with van der Waals surface area (Å²) >= 11 is 0. The van der Waals surface area contributed by atoms with E-state index in [0.717, 1.165) is 5.56 Å². The topological polar surface area (TPSA) is 261 Å². The molecule has 0 spiro atoms. The highest BCUT2D eigenvalue weighted by Crippen LogP contribution is 2.33. The van der Waals surface area contributed by atoms with Crippen LogP contribution in [0.25, 0.3) is 0 Å². The van der Waals surface area contributed by atoms with Gasteiger partial charge >= 0.3 is 0 Å². The third kappa shape index (κ3) is 6.58. The quantitative estimate of drug-likeness (QED) is 0.128. The maximum absolute atomic E-state index is 11.1. The van der Waals surface area contributed by atoms with Gasteiger partial charge in [0.15, 0.2) is 12.6 Å². The van der Waals surface area contributed by atoms with Gasteiger partial charge in [-0.15, -0.1) is 0 Å². The average Bonchev–Trinajstić information content (AvgIpc) is 3.24. The smallest absolute Gasteiger partial charge is 0.187 e. The molecule has 1 aromatic rings. The van der Waals surface area contributed by atoms with Crippen molar-refractivity contribution in [1.29, 1.82) is 0 Å². The van der Waals surface area contributed by atoms with Crippen LogP contribution in [0.1, 0.15) is 12.0 Å². The van der Waals surface area contributed by atoms with Crippen LogP contribution in [-0.4, -0.2) is 131 Å². The van der Waals surface area contributed by atoms with Gasteiger partial charge in [0.1, 0.15) is 60.7 Å². The summed E-state index contributed by atoms with van der Waals surface area (Å²) in [7, 11) is 1.57. The second-order valence-corrected chi connectivity index (χ2v) is 10.4. The van der Waals surface area contributed by atoms with E-state index in [1.807, 2.05) is 12.1 Å². The Kier molecular flexibility index (Phi) is 10.7. The van der Waals surface area contributed by atoms with Crippen molar-refractivity contribution in [3.8, 4) is 5.75 Å². The number of hydrogen-bond donors (Lipinski definition) is 9. The zero-order valence-corrected chi connectivity index (χ0v) is 22.2. The maximum atomic E-state index is 11.1. The second-order valence-electron chi connectivity index (χ2n) is 10.4. The number of methoxy groups -OCH3 is 1. The van der Waals surface area contributed by atoms with Crippen LogP contribution in [0.2, 0.25) is 0 Å². The van der Waals surface area contributed by atoms with Gasteiger partial charge in [0.2, 0.25) is 0 Å². The summed E-state index contributed by atoms with van der Waals surface area (Å²) in [6.45, 7) is -0.518. The Morgan fingerprint density at radius 1 is 0.800 bits per heavy atom. The van der Waals surface area contributed by atoms with Crippen molar-refractivity contribution in [3.63, 3.8) is 0 Å². The minimum absolute atomic E-state index is 0.120. The first kappa shape index (κ1) is 31.4. The van der Waals surface area contributed by atoms with E-state index in [0.29, 0.717) is 5.75 Å². The molecule has 3 fully saturated rings. The van der Waals surface area contributed by atoms with Crippen molar-refractivity contribution in [3.05, 3.63) is 29.8 Å². The third-order valence-electron chi connectivity index (χ3n) is 7.70. The van der Waals surface area contributed by atoms with Gasteiger partial charge in [-0.2, -0.15) is 0 Å². The van der Waals surface area contributed by atoms with E-state index >= 15 is 0 Å². The van der Waals surface area contributed by atoms with Crippen molar-refractivity contribution in [1.82, 2.24) is 0 Å². The maximum Gasteiger partial charge on any atom is 0.187 e. The van der Waals surface area contributed by atoms with Gasteiger partial charge in [0.25, 0.3) is 0 Å². The molecule has 0 bridgehead atoms. The normalized spacial score (nSPS) is 44.0. The lowest BCUT2D eigenvalue weighted by Crippen LogP contribution is -2.64. The Balaban J connectivity index is 1.40. The van der Waals surface area contributed by atoms with Gasteiger partial charge in [-0.1, -0.05) is 12.1 Å². The molecule has 40 heavy (non-hydrogen) atoms. The number of rotatable bonds is 10. The van der Waals surface area contributed by atoms with Gasteiger partial charge in [-0.3, -0.25) is 0 Å².